The minimum atomic E-state index is -4.95. The SMILES string of the molecule is CC(=O)n1c(C)nn2cc(-c3cc(F)cc(F)c3)c(-c3cc(F)cc(F)c3)c12.COC(=O)n1c(-c2cc(Cl)cc(Cl)c2)nn2cc(C(F)(F)F)c(C(=O)Oc3ccccc3)c12.[C-]#[N+]c1cn2nc(-c3ccc(C(C)(C)C)cc3)n(C(=O)c3ccc(Cl)c(Cl)c3)c2c1C(=O)OCC.[C-]#[N+]c1cn2nc(-c3ccc(C(C)(C)C)cc3)n(C(C)=O)c2c1C(=O)OC1C(C(C)(C)C)CC(C)CC1C(C)(C)C. The molecule has 1 aliphatic rings. The number of carbonyl (C=O) groups excluding carboxylic acids is 7. The molecule has 15 aromatic rings. The van der Waals surface area contributed by atoms with Crippen LogP contribution in [0.25, 0.3) is 88.7 Å². The van der Waals surface area contributed by atoms with Gasteiger partial charge in [-0.15, -0.1) is 15.3 Å². The minimum Gasteiger partial charge on any atom is -0.463 e. The number of alkyl halides is 3. The summed E-state index contributed by atoms with van der Waals surface area (Å²) in [4.78, 5) is 98.7. The molecule has 16 rings (SSSR count). The zero-order valence-corrected chi connectivity index (χ0v) is 80.6. The summed E-state index contributed by atoms with van der Waals surface area (Å²) in [5.74, 6) is -5.24. The van der Waals surface area contributed by atoms with E-state index in [4.69, 9.17) is 78.5 Å². The fraction of sp³-hybridized carbons (Fsp3) is 0.297. The molecular weight excluding hydrogens is 1860 g/mol. The van der Waals surface area contributed by atoms with Gasteiger partial charge in [0.2, 0.25) is 23.2 Å². The summed E-state index contributed by atoms with van der Waals surface area (Å²) in [7, 11) is 1.03. The molecule has 710 valence electrons. The second-order valence-corrected chi connectivity index (χ2v) is 38.8. The van der Waals surface area contributed by atoms with Gasteiger partial charge >= 0.3 is 30.2 Å². The molecule has 0 aliphatic heterocycles. The van der Waals surface area contributed by atoms with Crippen molar-refractivity contribution in [2.45, 2.75) is 154 Å². The first-order valence-electron chi connectivity index (χ1n) is 43.0. The number of aromatic nitrogens is 12. The lowest BCUT2D eigenvalue weighted by molar-refractivity contribution is -0.138. The Morgan fingerprint density at radius 2 is 0.934 bits per heavy atom. The Morgan fingerprint density at radius 3 is 1.39 bits per heavy atom. The Kier molecular flexibility index (Phi) is 28.7. The van der Waals surface area contributed by atoms with Gasteiger partial charge in [-0.2, -0.15) is 18.3 Å². The molecule has 0 saturated heterocycles. The number of hydrogen-bond donors (Lipinski definition) is 0. The maximum atomic E-state index is 14.1. The van der Waals surface area contributed by atoms with Crippen LogP contribution < -0.4 is 4.74 Å². The molecular formula is C101H93Cl4F7N14O11. The van der Waals surface area contributed by atoms with Crippen molar-refractivity contribution in [1.29, 1.82) is 0 Å². The number of methoxy groups -OCH3 is 1. The van der Waals surface area contributed by atoms with Gasteiger partial charge in [0.15, 0.2) is 28.8 Å². The number of ether oxygens (including phenoxy) is 4. The standard InChI is InChI=1S/C34H46N4O3.C26H22Cl2N4O3.C21H12Cl2F3N3O4.C20H13F4N3O/c1-20-17-24(33(6,7)8)28(25(18-20)34(9,10)11)41-31(40)27-26(35-12)19-37-30(27)38(21(2)39)29(36-37)22-13-15-23(16-14-22)32(3,4)5;1-6-35-25(34)21-20(29-5)14-31-23(21)32(24(33)16-9-12-18(27)19(28)13-16)22(30-31)15-7-10-17(11-8-15)26(2,3)4;1-32-20(31)29-17(11-7-12(22)9-13(23)8-11)27-28-10-15(21(24,25)26)16(18(28)29)19(30)33-14-5-3-2-4-6-14;1-10-25-26-9-18(12-3-14(21)7-15(22)4-12)19(20(26)27(10)11(2)28)13-5-16(23)8-17(24)6-13/h13-16,19-20,24-25,28H,17-18H2,1-11H3;7-14H,6H2,1-4H3;2-10H,1H3;3-9H,1-2H3. The Labute approximate surface area is 802 Å². The van der Waals surface area contributed by atoms with Crippen LogP contribution in [-0.4, -0.2) is 118 Å². The van der Waals surface area contributed by atoms with Gasteiger partial charge in [-0.05, 0) is 149 Å². The molecule has 0 spiro atoms. The molecule has 0 N–H and O–H groups in total. The largest absolute Gasteiger partial charge is 0.463 e. The second kappa shape index (κ2) is 39.1. The van der Waals surface area contributed by atoms with Crippen molar-refractivity contribution in [3.8, 4) is 62.2 Å². The molecule has 0 radical (unpaired) electrons. The summed E-state index contributed by atoms with van der Waals surface area (Å²) in [5.41, 5.74) is 2.84. The van der Waals surface area contributed by atoms with Gasteiger partial charge in [-0.1, -0.05) is 203 Å². The van der Waals surface area contributed by atoms with Crippen molar-refractivity contribution >= 4 is 122 Å². The molecule has 8 aromatic heterocycles. The number of fused-ring (bicyclic) bond motifs is 4. The van der Waals surface area contributed by atoms with E-state index < -0.39 is 76.1 Å². The van der Waals surface area contributed by atoms with Crippen LogP contribution >= 0.6 is 46.4 Å². The molecule has 8 heterocycles. The van der Waals surface area contributed by atoms with E-state index in [1.54, 1.807) is 38.1 Å². The number of nitrogens with zero attached hydrogens (tertiary/aromatic N) is 14. The van der Waals surface area contributed by atoms with Gasteiger partial charge in [0.05, 0.1) is 42.5 Å². The highest BCUT2D eigenvalue weighted by atomic mass is 35.5. The molecule has 25 nitrogen and oxygen atoms in total. The highest BCUT2D eigenvalue weighted by Gasteiger charge is 2.49. The van der Waals surface area contributed by atoms with Crippen LogP contribution in [0.4, 0.5) is 46.9 Å². The van der Waals surface area contributed by atoms with Crippen molar-refractivity contribution in [3.63, 3.8) is 0 Å². The average Bonchev–Trinajstić information content (AvgIpc) is 1.63. The molecule has 1 fully saturated rings. The second-order valence-electron chi connectivity index (χ2n) is 37.2. The predicted molar refractivity (Wildman–Crippen MR) is 507 cm³/mol. The summed E-state index contributed by atoms with van der Waals surface area (Å²) in [5, 5.41) is 18.5. The zero-order chi connectivity index (χ0) is 100. The molecule has 2 atom stereocenters. The first-order valence-corrected chi connectivity index (χ1v) is 44.5. The van der Waals surface area contributed by atoms with Gasteiger partial charge in [0.1, 0.15) is 68.9 Å². The number of esters is 3. The first kappa shape index (κ1) is 101. The third-order valence-electron chi connectivity index (χ3n) is 23.3. The molecule has 36 heteroatoms. The highest BCUT2D eigenvalue weighted by molar-refractivity contribution is 6.42. The predicted octanol–water partition coefficient (Wildman–Crippen LogP) is 26.4. The molecule has 0 amide bonds. The maximum Gasteiger partial charge on any atom is 0.421 e. The van der Waals surface area contributed by atoms with Crippen LogP contribution in [0.1, 0.15) is 197 Å². The topological polar surface area (TPSA) is 254 Å². The van der Waals surface area contributed by atoms with Crippen LogP contribution in [0, 0.1) is 71.9 Å². The lowest BCUT2D eigenvalue weighted by atomic mass is 9.59. The summed E-state index contributed by atoms with van der Waals surface area (Å²) in [6.07, 6.45) is 0.579. The molecule has 0 bridgehead atoms. The Hall–Kier alpha value is -13.9. The number of para-hydroxylation sites is 1. The van der Waals surface area contributed by atoms with Crippen molar-refractivity contribution in [1.82, 2.24) is 56.7 Å². The van der Waals surface area contributed by atoms with Crippen LogP contribution in [-0.2, 0) is 31.2 Å². The van der Waals surface area contributed by atoms with Crippen LogP contribution in [0.5, 0.6) is 5.75 Å². The van der Waals surface area contributed by atoms with E-state index in [2.05, 4.69) is 120 Å². The van der Waals surface area contributed by atoms with E-state index in [9.17, 15) is 64.3 Å². The van der Waals surface area contributed by atoms with Crippen molar-refractivity contribution in [3.05, 3.63) is 287 Å². The van der Waals surface area contributed by atoms with Gasteiger partial charge in [-0.3, -0.25) is 14.4 Å². The zero-order valence-electron chi connectivity index (χ0n) is 77.6. The fourth-order valence-corrected chi connectivity index (χ4v) is 17.7. The molecule has 1 saturated carbocycles. The Bertz CT molecular complexity index is 7300. The van der Waals surface area contributed by atoms with E-state index in [0.29, 0.717) is 46.2 Å². The molecule has 1 aliphatic carbocycles. The third kappa shape index (κ3) is 20.9. The van der Waals surface area contributed by atoms with E-state index in [1.165, 1.54) is 102 Å². The van der Waals surface area contributed by atoms with Crippen molar-refractivity contribution < 1.29 is 83.2 Å². The smallest absolute Gasteiger partial charge is 0.421 e. The summed E-state index contributed by atoms with van der Waals surface area (Å²) < 4.78 is 128. The number of benzene rings is 7. The fourth-order valence-electron chi connectivity index (χ4n) is 16.8. The first-order chi connectivity index (χ1) is 64.2. The molecule has 7 aromatic carbocycles. The summed E-state index contributed by atoms with van der Waals surface area (Å²) in [6.45, 7) is 49.8. The number of carbonyl (C=O) groups is 7. The normalized spacial score (nSPS) is 14.6. The number of rotatable bonds is 12. The van der Waals surface area contributed by atoms with Gasteiger partial charge in [-0.25, -0.2) is 82.8 Å². The highest BCUT2D eigenvalue weighted by Crippen LogP contribution is 2.51. The molecule has 2 unspecified atom stereocenters. The van der Waals surface area contributed by atoms with Crippen LogP contribution in [0.3, 0.4) is 0 Å². The van der Waals surface area contributed by atoms with E-state index >= 15 is 0 Å². The quantitative estimate of drug-likeness (QED) is 0.0362. The third-order valence-corrected chi connectivity index (χ3v) is 24.4. The summed E-state index contributed by atoms with van der Waals surface area (Å²) >= 11 is 24.3. The average molecular weight is 1950 g/mol. The van der Waals surface area contributed by atoms with E-state index in [-0.39, 0.29) is 157 Å². The van der Waals surface area contributed by atoms with Gasteiger partial charge < -0.3 is 18.9 Å². The van der Waals surface area contributed by atoms with Crippen LogP contribution in [0.2, 0.25) is 20.1 Å². The molecule has 137 heavy (non-hydrogen) atoms. The van der Waals surface area contributed by atoms with E-state index in [1.807, 2.05) is 48.5 Å². The van der Waals surface area contributed by atoms with E-state index in [0.717, 1.165) is 76.1 Å². The Morgan fingerprint density at radius 1 is 0.482 bits per heavy atom. The monoisotopic (exact) mass is 1950 g/mol. The maximum absolute atomic E-state index is 14.1. The van der Waals surface area contributed by atoms with Crippen LogP contribution in [0.15, 0.2) is 176 Å². The number of aryl methyl sites for hydroxylation is 1. The minimum absolute atomic E-state index is 0.0148. The van der Waals surface area contributed by atoms with Gasteiger partial charge in [0.25, 0.3) is 5.91 Å². The lowest BCUT2D eigenvalue weighted by Crippen LogP contribution is -2.49. The van der Waals surface area contributed by atoms with Gasteiger partial charge in [0, 0.05) is 106 Å². The lowest BCUT2D eigenvalue weighted by Gasteiger charge is -2.50. The van der Waals surface area contributed by atoms with Crippen molar-refractivity contribution in [2.24, 2.45) is 28.6 Å². The number of halogens is 11. The summed E-state index contributed by atoms with van der Waals surface area (Å²) in [6, 6.07) is 37.8. The number of hydrogen-bond acceptors (Lipinski definition) is 15. The Balaban J connectivity index is 0.000000156. The van der Waals surface area contributed by atoms with Crippen molar-refractivity contribution in [2.75, 3.05) is 13.7 Å².